The van der Waals surface area contributed by atoms with Gasteiger partial charge in [0.1, 0.15) is 16.5 Å². The summed E-state index contributed by atoms with van der Waals surface area (Å²) in [5.41, 5.74) is 1.90. The number of para-hydroxylation sites is 1. The van der Waals surface area contributed by atoms with Crippen LogP contribution in [0.15, 0.2) is 36.4 Å². The van der Waals surface area contributed by atoms with Crippen molar-refractivity contribution < 1.29 is 9.90 Å². The van der Waals surface area contributed by atoms with Gasteiger partial charge in [0.2, 0.25) is 0 Å². The van der Waals surface area contributed by atoms with E-state index in [1.165, 1.54) is 12.1 Å². The molecule has 2 N–H and O–H groups in total. The molecule has 2 rings (SSSR count). The van der Waals surface area contributed by atoms with Crippen LogP contribution in [0.25, 0.3) is 0 Å². The standard InChI is InChI=1S/C16H17ClN2O2/c1-16(2,3)11-6-4-5-7-12(11)18-14-10(15(20)21)8-9-13(17)19-14/h4-9H,1-3H3,(H,18,19)(H,20,21). The minimum absolute atomic E-state index is 0.0778. The van der Waals surface area contributed by atoms with E-state index in [9.17, 15) is 9.90 Å². The monoisotopic (exact) mass is 304 g/mol. The molecular weight excluding hydrogens is 288 g/mol. The van der Waals surface area contributed by atoms with Crippen molar-refractivity contribution in [1.29, 1.82) is 0 Å². The van der Waals surface area contributed by atoms with E-state index in [4.69, 9.17) is 11.6 Å². The molecule has 0 saturated heterocycles. The summed E-state index contributed by atoms with van der Waals surface area (Å²) in [4.78, 5) is 15.4. The van der Waals surface area contributed by atoms with Crippen LogP contribution in [0.1, 0.15) is 36.7 Å². The van der Waals surface area contributed by atoms with Crippen LogP contribution in [0.3, 0.4) is 0 Å². The Kier molecular flexibility index (Phi) is 4.19. The zero-order valence-corrected chi connectivity index (χ0v) is 12.9. The molecule has 0 atom stereocenters. The van der Waals surface area contributed by atoms with Crippen molar-refractivity contribution in [3.8, 4) is 0 Å². The number of hydrogen-bond acceptors (Lipinski definition) is 3. The van der Waals surface area contributed by atoms with Crippen LogP contribution < -0.4 is 5.32 Å². The molecule has 0 aliphatic carbocycles. The largest absolute Gasteiger partial charge is 0.478 e. The fourth-order valence-corrected chi connectivity index (χ4v) is 2.22. The van der Waals surface area contributed by atoms with Gasteiger partial charge in [0.25, 0.3) is 0 Å². The van der Waals surface area contributed by atoms with E-state index in [1.807, 2.05) is 24.3 Å². The van der Waals surface area contributed by atoms with Gasteiger partial charge in [-0.1, -0.05) is 50.6 Å². The molecule has 0 bridgehead atoms. The Morgan fingerprint density at radius 1 is 1.19 bits per heavy atom. The van der Waals surface area contributed by atoms with Gasteiger partial charge in [-0.2, -0.15) is 0 Å². The van der Waals surface area contributed by atoms with Crippen LogP contribution in [0.5, 0.6) is 0 Å². The lowest BCUT2D eigenvalue weighted by Crippen LogP contribution is -2.14. The van der Waals surface area contributed by atoms with Crippen LogP contribution in [0.2, 0.25) is 5.15 Å². The van der Waals surface area contributed by atoms with Crippen LogP contribution >= 0.6 is 11.6 Å². The zero-order valence-electron chi connectivity index (χ0n) is 12.1. The number of carboxylic acids is 1. The molecule has 0 fully saturated rings. The van der Waals surface area contributed by atoms with Gasteiger partial charge < -0.3 is 10.4 Å². The summed E-state index contributed by atoms with van der Waals surface area (Å²) in [5, 5.41) is 12.6. The maximum Gasteiger partial charge on any atom is 0.339 e. The lowest BCUT2D eigenvalue weighted by molar-refractivity contribution is 0.0697. The van der Waals surface area contributed by atoms with Crippen LogP contribution in [-0.2, 0) is 5.41 Å². The fourth-order valence-electron chi connectivity index (χ4n) is 2.08. The van der Waals surface area contributed by atoms with Gasteiger partial charge in [0.05, 0.1) is 0 Å². The van der Waals surface area contributed by atoms with E-state index < -0.39 is 5.97 Å². The second-order valence-corrected chi connectivity index (χ2v) is 6.14. The number of carbonyl (C=O) groups is 1. The molecular formula is C16H17ClN2O2. The van der Waals surface area contributed by atoms with Gasteiger partial charge >= 0.3 is 5.97 Å². The average Bonchev–Trinajstić information content (AvgIpc) is 2.37. The minimum Gasteiger partial charge on any atom is -0.478 e. The number of halogens is 1. The van der Waals surface area contributed by atoms with Crippen LogP contribution in [-0.4, -0.2) is 16.1 Å². The van der Waals surface area contributed by atoms with Crippen molar-refractivity contribution in [3.05, 3.63) is 52.7 Å². The third kappa shape index (κ3) is 3.52. The maximum atomic E-state index is 11.3. The number of nitrogens with zero attached hydrogens (tertiary/aromatic N) is 1. The number of benzene rings is 1. The molecule has 0 aliphatic heterocycles. The first kappa shape index (κ1) is 15.3. The fraction of sp³-hybridized carbons (Fsp3) is 0.250. The number of carboxylic acid groups (broad SMARTS) is 1. The molecule has 0 unspecified atom stereocenters. The summed E-state index contributed by atoms with van der Waals surface area (Å²) in [6, 6.07) is 10.7. The number of pyridine rings is 1. The number of rotatable bonds is 3. The number of aromatic nitrogens is 1. The minimum atomic E-state index is -1.05. The maximum absolute atomic E-state index is 11.3. The Labute approximate surface area is 128 Å². The molecule has 0 aliphatic rings. The number of anilines is 2. The highest BCUT2D eigenvalue weighted by Crippen LogP contribution is 2.32. The number of nitrogens with one attached hydrogen (secondary N) is 1. The van der Waals surface area contributed by atoms with Gasteiger partial charge in [-0.3, -0.25) is 0 Å². The molecule has 5 heteroatoms. The molecule has 1 aromatic heterocycles. The Hall–Kier alpha value is -2.07. The summed E-state index contributed by atoms with van der Waals surface area (Å²) in [6.45, 7) is 6.28. The third-order valence-corrected chi connectivity index (χ3v) is 3.29. The zero-order chi connectivity index (χ0) is 15.6. The smallest absolute Gasteiger partial charge is 0.339 e. The quantitative estimate of drug-likeness (QED) is 0.821. The third-order valence-electron chi connectivity index (χ3n) is 3.08. The van der Waals surface area contributed by atoms with Gasteiger partial charge in [-0.05, 0) is 29.2 Å². The molecule has 1 aromatic carbocycles. The first-order valence-electron chi connectivity index (χ1n) is 6.55. The van der Waals surface area contributed by atoms with E-state index in [0.717, 1.165) is 11.3 Å². The predicted octanol–water partition coefficient (Wildman–Crippen LogP) is 4.47. The SMILES string of the molecule is CC(C)(C)c1ccccc1Nc1nc(Cl)ccc1C(=O)O. The second kappa shape index (κ2) is 5.74. The normalized spacial score (nSPS) is 11.2. The van der Waals surface area contributed by atoms with Gasteiger partial charge in [-0.25, -0.2) is 9.78 Å². The molecule has 0 radical (unpaired) electrons. The van der Waals surface area contributed by atoms with Crippen molar-refractivity contribution in [2.24, 2.45) is 0 Å². The van der Waals surface area contributed by atoms with Gasteiger partial charge in [0.15, 0.2) is 0 Å². The Morgan fingerprint density at radius 3 is 2.48 bits per heavy atom. The van der Waals surface area contributed by atoms with E-state index >= 15 is 0 Å². The summed E-state index contributed by atoms with van der Waals surface area (Å²) < 4.78 is 0. The first-order valence-corrected chi connectivity index (χ1v) is 6.93. The van der Waals surface area contributed by atoms with E-state index in [2.05, 4.69) is 31.1 Å². The Morgan fingerprint density at radius 2 is 1.86 bits per heavy atom. The predicted molar refractivity (Wildman–Crippen MR) is 84.6 cm³/mol. The molecule has 110 valence electrons. The first-order chi connectivity index (χ1) is 9.79. The molecule has 0 spiro atoms. The lowest BCUT2D eigenvalue weighted by atomic mass is 9.86. The van der Waals surface area contributed by atoms with Crippen molar-refractivity contribution >= 4 is 29.1 Å². The topological polar surface area (TPSA) is 62.2 Å². The average molecular weight is 305 g/mol. The van der Waals surface area contributed by atoms with Crippen molar-refractivity contribution in [2.75, 3.05) is 5.32 Å². The molecule has 0 amide bonds. The summed E-state index contributed by atoms with van der Waals surface area (Å²) in [7, 11) is 0. The molecule has 4 nitrogen and oxygen atoms in total. The molecule has 1 heterocycles. The van der Waals surface area contributed by atoms with Crippen molar-refractivity contribution in [1.82, 2.24) is 4.98 Å². The van der Waals surface area contributed by atoms with Crippen molar-refractivity contribution in [2.45, 2.75) is 26.2 Å². The number of aromatic carboxylic acids is 1. The summed E-state index contributed by atoms with van der Waals surface area (Å²) in [5.74, 6) is -0.804. The molecule has 21 heavy (non-hydrogen) atoms. The number of hydrogen-bond donors (Lipinski definition) is 2. The Bertz CT molecular complexity index is 678. The second-order valence-electron chi connectivity index (χ2n) is 5.76. The lowest BCUT2D eigenvalue weighted by Gasteiger charge is -2.23. The molecule has 2 aromatic rings. The van der Waals surface area contributed by atoms with E-state index in [1.54, 1.807) is 0 Å². The highest BCUT2D eigenvalue weighted by atomic mass is 35.5. The van der Waals surface area contributed by atoms with Crippen LogP contribution in [0, 0.1) is 0 Å². The summed E-state index contributed by atoms with van der Waals surface area (Å²) >= 11 is 5.87. The van der Waals surface area contributed by atoms with Crippen molar-refractivity contribution in [3.63, 3.8) is 0 Å². The van der Waals surface area contributed by atoms with E-state index in [-0.39, 0.29) is 21.9 Å². The Balaban J connectivity index is 2.49. The highest BCUT2D eigenvalue weighted by molar-refractivity contribution is 6.29. The van der Waals surface area contributed by atoms with Gasteiger partial charge in [0, 0.05) is 5.69 Å². The van der Waals surface area contributed by atoms with E-state index in [0.29, 0.717) is 0 Å². The highest BCUT2D eigenvalue weighted by Gasteiger charge is 2.19. The summed E-state index contributed by atoms with van der Waals surface area (Å²) in [6.07, 6.45) is 0. The van der Waals surface area contributed by atoms with Gasteiger partial charge in [-0.15, -0.1) is 0 Å². The molecule has 0 saturated carbocycles. The van der Waals surface area contributed by atoms with Crippen LogP contribution in [0.4, 0.5) is 11.5 Å².